The van der Waals surface area contributed by atoms with E-state index in [0.29, 0.717) is 25.3 Å². The van der Waals surface area contributed by atoms with E-state index in [0.717, 1.165) is 45.4 Å². The maximum absolute atomic E-state index is 11.8. The molecule has 1 unspecified atom stereocenters. The Labute approximate surface area is 115 Å². The number of hydrogen-bond acceptors (Lipinski definition) is 3. The van der Waals surface area contributed by atoms with Crippen LogP contribution in [0.2, 0.25) is 0 Å². The molecule has 0 radical (unpaired) electrons. The Bertz CT molecular complexity index is 308. The number of nitrogens with zero attached hydrogens (tertiary/aromatic N) is 1. The fourth-order valence-electron chi connectivity index (χ4n) is 2.82. The van der Waals surface area contributed by atoms with E-state index in [9.17, 15) is 9.59 Å². The minimum absolute atomic E-state index is 0.0844. The Morgan fingerprint density at radius 2 is 2.00 bits per heavy atom. The highest BCUT2D eigenvalue weighted by Crippen LogP contribution is 2.14. The zero-order chi connectivity index (χ0) is 13.5. The summed E-state index contributed by atoms with van der Waals surface area (Å²) in [6.07, 6.45) is 5.40. The first-order valence-electron chi connectivity index (χ1n) is 7.51. The number of likely N-dealkylation sites (tertiary alicyclic amines) is 1. The SMILES string of the molecule is O=C(CCC1CCNC1)NCCC(=O)N1CCCC1. The molecular formula is C14H25N3O2. The number of hydrogen-bond donors (Lipinski definition) is 2. The van der Waals surface area contributed by atoms with Crippen LogP contribution in [0.15, 0.2) is 0 Å². The van der Waals surface area contributed by atoms with Crippen molar-refractivity contribution in [3.05, 3.63) is 0 Å². The van der Waals surface area contributed by atoms with Gasteiger partial charge in [0.15, 0.2) is 0 Å². The molecule has 2 N–H and O–H groups in total. The van der Waals surface area contributed by atoms with Crippen molar-refractivity contribution in [1.29, 1.82) is 0 Å². The van der Waals surface area contributed by atoms with Crippen molar-refractivity contribution in [2.75, 3.05) is 32.7 Å². The maximum Gasteiger partial charge on any atom is 0.224 e. The zero-order valence-corrected chi connectivity index (χ0v) is 11.6. The molecule has 0 aromatic carbocycles. The third-order valence-corrected chi connectivity index (χ3v) is 4.06. The van der Waals surface area contributed by atoms with Crippen LogP contribution in [0.25, 0.3) is 0 Å². The number of carbonyl (C=O) groups is 2. The van der Waals surface area contributed by atoms with Gasteiger partial charge in [0.1, 0.15) is 0 Å². The first-order valence-corrected chi connectivity index (χ1v) is 7.51. The van der Waals surface area contributed by atoms with Gasteiger partial charge < -0.3 is 15.5 Å². The fraction of sp³-hybridized carbons (Fsp3) is 0.857. The quantitative estimate of drug-likeness (QED) is 0.737. The number of rotatable bonds is 6. The van der Waals surface area contributed by atoms with Crippen molar-refractivity contribution >= 4 is 11.8 Å². The summed E-state index contributed by atoms with van der Waals surface area (Å²) in [4.78, 5) is 25.3. The summed E-state index contributed by atoms with van der Waals surface area (Å²) in [6, 6.07) is 0. The molecule has 0 aromatic rings. The van der Waals surface area contributed by atoms with Crippen molar-refractivity contribution in [2.45, 2.75) is 38.5 Å². The highest BCUT2D eigenvalue weighted by Gasteiger charge is 2.18. The van der Waals surface area contributed by atoms with E-state index in [1.807, 2.05) is 4.90 Å². The van der Waals surface area contributed by atoms with Crippen molar-refractivity contribution in [2.24, 2.45) is 5.92 Å². The van der Waals surface area contributed by atoms with Crippen LogP contribution in [0.5, 0.6) is 0 Å². The Balaban J connectivity index is 1.52. The number of nitrogens with one attached hydrogen (secondary N) is 2. The van der Waals surface area contributed by atoms with Gasteiger partial charge in [-0.15, -0.1) is 0 Å². The van der Waals surface area contributed by atoms with Crippen LogP contribution in [-0.4, -0.2) is 49.4 Å². The topological polar surface area (TPSA) is 61.4 Å². The minimum Gasteiger partial charge on any atom is -0.356 e. The summed E-state index contributed by atoms with van der Waals surface area (Å²) >= 11 is 0. The smallest absolute Gasteiger partial charge is 0.224 e. The lowest BCUT2D eigenvalue weighted by molar-refractivity contribution is -0.130. The van der Waals surface area contributed by atoms with Gasteiger partial charge in [0.2, 0.25) is 11.8 Å². The van der Waals surface area contributed by atoms with Gasteiger partial charge in [0.05, 0.1) is 0 Å². The Kier molecular flexibility index (Phi) is 5.63. The highest BCUT2D eigenvalue weighted by atomic mass is 16.2. The minimum atomic E-state index is 0.0844. The van der Waals surface area contributed by atoms with Crippen LogP contribution in [-0.2, 0) is 9.59 Å². The molecule has 0 saturated carbocycles. The Morgan fingerprint density at radius 1 is 1.21 bits per heavy atom. The zero-order valence-electron chi connectivity index (χ0n) is 11.6. The van der Waals surface area contributed by atoms with E-state index in [-0.39, 0.29) is 11.8 Å². The van der Waals surface area contributed by atoms with Crippen LogP contribution >= 0.6 is 0 Å². The van der Waals surface area contributed by atoms with Crippen molar-refractivity contribution in [3.8, 4) is 0 Å². The molecule has 2 rings (SSSR count). The van der Waals surface area contributed by atoms with Crippen LogP contribution in [0.4, 0.5) is 0 Å². The molecule has 0 aromatic heterocycles. The normalized spacial score (nSPS) is 22.7. The molecule has 2 fully saturated rings. The van der Waals surface area contributed by atoms with Crippen LogP contribution in [0.1, 0.15) is 38.5 Å². The third-order valence-electron chi connectivity index (χ3n) is 4.06. The molecule has 1 atom stereocenters. The lowest BCUT2D eigenvalue weighted by Gasteiger charge is -2.15. The van der Waals surface area contributed by atoms with Crippen LogP contribution in [0, 0.1) is 5.92 Å². The summed E-state index contributed by atoms with van der Waals surface area (Å²) in [6.45, 7) is 4.39. The molecule has 0 bridgehead atoms. The molecule has 2 amide bonds. The second kappa shape index (κ2) is 7.48. The van der Waals surface area contributed by atoms with Crippen LogP contribution < -0.4 is 10.6 Å². The highest BCUT2D eigenvalue weighted by molar-refractivity contribution is 5.79. The van der Waals surface area contributed by atoms with Crippen molar-refractivity contribution in [3.63, 3.8) is 0 Å². The summed E-state index contributed by atoms with van der Waals surface area (Å²) in [7, 11) is 0. The molecule has 2 aliphatic rings. The molecule has 0 aliphatic carbocycles. The number of carbonyl (C=O) groups excluding carboxylic acids is 2. The molecule has 0 spiro atoms. The average molecular weight is 267 g/mol. The first kappa shape index (κ1) is 14.3. The predicted molar refractivity (Wildman–Crippen MR) is 73.7 cm³/mol. The van der Waals surface area contributed by atoms with E-state index in [4.69, 9.17) is 0 Å². The lowest BCUT2D eigenvalue weighted by Crippen LogP contribution is -2.32. The van der Waals surface area contributed by atoms with E-state index in [1.54, 1.807) is 0 Å². The van der Waals surface area contributed by atoms with Gasteiger partial charge in [-0.1, -0.05) is 0 Å². The van der Waals surface area contributed by atoms with Crippen LogP contribution in [0.3, 0.4) is 0 Å². The van der Waals surface area contributed by atoms with Gasteiger partial charge >= 0.3 is 0 Å². The Hall–Kier alpha value is -1.10. The van der Waals surface area contributed by atoms with Gasteiger partial charge in [0, 0.05) is 32.5 Å². The molecule has 2 heterocycles. The van der Waals surface area contributed by atoms with Crippen molar-refractivity contribution < 1.29 is 9.59 Å². The summed E-state index contributed by atoms with van der Waals surface area (Å²) in [5, 5.41) is 6.16. The third kappa shape index (κ3) is 4.82. The maximum atomic E-state index is 11.8. The van der Waals surface area contributed by atoms with Gasteiger partial charge in [-0.3, -0.25) is 9.59 Å². The molecular weight excluding hydrogens is 242 g/mol. The molecule has 2 aliphatic heterocycles. The monoisotopic (exact) mass is 267 g/mol. The largest absolute Gasteiger partial charge is 0.356 e. The van der Waals surface area contributed by atoms with E-state index < -0.39 is 0 Å². The summed E-state index contributed by atoms with van der Waals surface area (Å²) in [5.41, 5.74) is 0. The fourth-order valence-corrected chi connectivity index (χ4v) is 2.82. The van der Waals surface area contributed by atoms with E-state index >= 15 is 0 Å². The summed E-state index contributed by atoms with van der Waals surface area (Å²) in [5.74, 6) is 0.913. The standard InChI is InChI=1S/C14H25N3O2/c18-13(4-3-12-5-7-15-11-12)16-8-6-14(19)17-9-1-2-10-17/h12,15H,1-11H2,(H,16,18). The lowest BCUT2D eigenvalue weighted by atomic mass is 10.0. The van der Waals surface area contributed by atoms with Gasteiger partial charge in [-0.25, -0.2) is 0 Å². The van der Waals surface area contributed by atoms with Gasteiger partial charge in [-0.2, -0.15) is 0 Å². The van der Waals surface area contributed by atoms with E-state index in [2.05, 4.69) is 10.6 Å². The predicted octanol–water partition coefficient (Wildman–Crippen LogP) is 0.505. The first-order chi connectivity index (χ1) is 9.25. The number of amides is 2. The average Bonchev–Trinajstić information content (AvgIpc) is 3.09. The molecule has 19 heavy (non-hydrogen) atoms. The molecule has 5 heteroatoms. The molecule has 2 saturated heterocycles. The molecule has 108 valence electrons. The second-order valence-corrected chi connectivity index (χ2v) is 5.59. The van der Waals surface area contributed by atoms with E-state index in [1.165, 1.54) is 6.42 Å². The van der Waals surface area contributed by atoms with Gasteiger partial charge in [-0.05, 0) is 44.7 Å². The Morgan fingerprint density at radius 3 is 2.68 bits per heavy atom. The van der Waals surface area contributed by atoms with Crippen molar-refractivity contribution in [1.82, 2.24) is 15.5 Å². The van der Waals surface area contributed by atoms with Gasteiger partial charge in [0.25, 0.3) is 0 Å². The molecule has 5 nitrogen and oxygen atoms in total. The second-order valence-electron chi connectivity index (χ2n) is 5.59. The summed E-state index contributed by atoms with van der Waals surface area (Å²) < 4.78 is 0.